The number of hydrogen-bond acceptors (Lipinski definition) is 3. The van der Waals surface area contributed by atoms with Crippen molar-refractivity contribution in [2.24, 2.45) is 0 Å². The molecule has 1 aliphatic rings. The Morgan fingerprint density at radius 2 is 1.88 bits per heavy atom. The molecule has 1 aromatic carbocycles. The van der Waals surface area contributed by atoms with Gasteiger partial charge in [-0.15, -0.1) is 35.1 Å². The van der Waals surface area contributed by atoms with Crippen LogP contribution in [0.2, 0.25) is 0 Å². The van der Waals surface area contributed by atoms with Crippen LogP contribution in [-0.2, 0) is 4.08 Å². The van der Waals surface area contributed by atoms with Crippen molar-refractivity contribution in [1.29, 1.82) is 0 Å². The Morgan fingerprint density at radius 1 is 1.24 bits per heavy atom. The lowest BCUT2D eigenvalue weighted by atomic mass is 10.1. The van der Waals surface area contributed by atoms with E-state index in [0.29, 0.717) is 5.88 Å². The van der Waals surface area contributed by atoms with E-state index in [1.165, 1.54) is 23.5 Å². The van der Waals surface area contributed by atoms with Crippen LogP contribution in [-0.4, -0.2) is 24.5 Å². The van der Waals surface area contributed by atoms with E-state index in [9.17, 15) is 0 Å². The maximum absolute atomic E-state index is 5.98. The minimum Gasteiger partial charge on any atom is -0.497 e. The third-order valence-electron chi connectivity index (χ3n) is 2.91. The largest absolute Gasteiger partial charge is 0.497 e. The van der Waals surface area contributed by atoms with Crippen LogP contribution in [0.1, 0.15) is 18.4 Å². The second-order valence-electron chi connectivity index (χ2n) is 3.97. The molecule has 1 fully saturated rings. The van der Waals surface area contributed by atoms with E-state index in [-0.39, 0.29) is 4.08 Å². The fourth-order valence-electron chi connectivity index (χ4n) is 2.00. The standard InChI is InChI=1S/C13H17ClOS2/c1-15-12-5-3-11(4-6-12)13(7-8-14)16-9-2-10-17-13/h3-6H,2,7-10H2,1H3. The molecule has 0 saturated carbocycles. The summed E-state index contributed by atoms with van der Waals surface area (Å²) in [5.41, 5.74) is 1.37. The number of thioether (sulfide) groups is 2. The van der Waals surface area contributed by atoms with Crippen molar-refractivity contribution in [2.45, 2.75) is 16.9 Å². The quantitative estimate of drug-likeness (QED) is 0.763. The lowest BCUT2D eigenvalue weighted by Gasteiger charge is -2.36. The van der Waals surface area contributed by atoms with Gasteiger partial charge in [-0.2, -0.15) is 0 Å². The number of ether oxygens (including phenoxy) is 1. The van der Waals surface area contributed by atoms with Gasteiger partial charge in [-0.25, -0.2) is 0 Å². The monoisotopic (exact) mass is 288 g/mol. The summed E-state index contributed by atoms with van der Waals surface area (Å²) in [7, 11) is 1.70. The van der Waals surface area contributed by atoms with Crippen LogP contribution in [0.4, 0.5) is 0 Å². The highest BCUT2D eigenvalue weighted by Gasteiger charge is 2.34. The van der Waals surface area contributed by atoms with Crippen molar-refractivity contribution >= 4 is 35.1 Å². The molecule has 94 valence electrons. The first-order chi connectivity index (χ1) is 8.30. The molecule has 0 amide bonds. The first kappa shape index (κ1) is 13.4. The van der Waals surface area contributed by atoms with Gasteiger partial charge in [0, 0.05) is 5.88 Å². The van der Waals surface area contributed by atoms with Gasteiger partial charge in [0.1, 0.15) is 5.75 Å². The van der Waals surface area contributed by atoms with E-state index >= 15 is 0 Å². The van der Waals surface area contributed by atoms with Crippen molar-refractivity contribution in [3.8, 4) is 5.75 Å². The van der Waals surface area contributed by atoms with Crippen LogP contribution >= 0.6 is 35.1 Å². The number of benzene rings is 1. The number of hydrogen-bond donors (Lipinski definition) is 0. The van der Waals surface area contributed by atoms with E-state index in [1.807, 2.05) is 35.7 Å². The molecule has 1 heterocycles. The maximum atomic E-state index is 5.98. The first-order valence-corrected chi connectivity index (χ1v) is 8.30. The Balaban J connectivity index is 2.24. The van der Waals surface area contributed by atoms with Crippen LogP contribution in [0.5, 0.6) is 5.75 Å². The average molecular weight is 289 g/mol. The Labute approximate surface area is 117 Å². The molecular weight excluding hydrogens is 272 g/mol. The van der Waals surface area contributed by atoms with E-state index in [1.54, 1.807) is 7.11 Å². The molecule has 0 spiro atoms. The molecule has 2 rings (SSSR count). The Hall–Kier alpha value is 0.01000. The topological polar surface area (TPSA) is 9.23 Å². The van der Waals surface area contributed by atoms with Gasteiger partial charge in [-0.3, -0.25) is 0 Å². The summed E-state index contributed by atoms with van der Waals surface area (Å²) >= 11 is 10.1. The molecule has 17 heavy (non-hydrogen) atoms. The minimum atomic E-state index is 0.159. The van der Waals surface area contributed by atoms with Crippen molar-refractivity contribution in [2.75, 3.05) is 24.5 Å². The fraction of sp³-hybridized carbons (Fsp3) is 0.538. The molecule has 0 aromatic heterocycles. The molecule has 0 aliphatic carbocycles. The molecular formula is C13H17ClOS2. The zero-order chi connectivity index (χ0) is 12.1. The van der Waals surface area contributed by atoms with Gasteiger partial charge in [0.05, 0.1) is 11.2 Å². The minimum absolute atomic E-state index is 0.159. The zero-order valence-corrected chi connectivity index (χ0v) is 12.3. The van der Waals surface area contributed by atoms with Crippen molar-refractivity contribution in [3.05, 3.63) is 29.8 Å². The van der Waals surface area contributed by atoms with Crippen molar-refractivity contribution in [3.63, 3.8) is 0 Å². The molecule has 0 unspecified atom stereocenters. The molecule has 1 saturated heterocycles. The van der Waals surface area contributed by atoms with Crippen LogP contribution < -0.4 is 4.74 Å². The Bertz CT molecular complexity index is 341. The van der Waals surface area contributed by atoms with Crippen LogP contribution in [0.25, 0.3) is 0 Å². The van der Waals surface area contributed by atoms with Crippen LogP contribution in [0.15, 0.2) is 24.3 Å². The lowest BCUT2D eigenvalue weighted by Crippen LogP contribution is -2.23. The normalized spacial score (nSPS) is 18.9. The molecule has 4 heteroatoms. The van der Waals surface area contributed by atoms with Gasteiger partial charge < -0.3 is 4.74 Å². The molecule has 0 bridgehead atoms. The Kier molecular flexibility index (Phi) is 4.95. The molecule has 1 aliphatic heterocycles. The average Bonchev–Trinajstić information content (AvgIpc) is 2.40. The molecule has 0 radical (unpaired) electrons. The maximum Gasteiger partial charge on any atom is 0.118 e. The summed E-state index contributed by atoms with van der Waals surface area (Å²) in [5.74, 6) is 4.10. The fourth-order valence-corrected chi connectivity index (χ4v) is 5.86. The number of rotatable bonds is 4. The van der Waals surface area contributed by atoms with Crippen molar-refractivity contribution < 1.29 is 4.74 Å². The zero-order valence-electron chi connectivity index (χ0n) is 9.95. The number of methoxy groups -OCH3 is 1. The predicted molar refractivity (Wildman–Crippen MR) is 79.5 cm³/mol. The molecule has 1 aromatic rings. The van der Waals surface area contributed by atoms with E-state index in [0.717, 1.165) is 12.2 Å². The summed E-state index contributed by atoms with van der Waals surface area (Å²) in [6, 6.07) is 8.44. The summed E-state index contributed by atoms with van der Waals surface area (Å²) < 4.78 is 5.37. The molecule has 0 atom stereocenters. The van der Waals surface area contributed by atoms with Gasteiger partial charge >= 0.3 is 0 Å². The lowest BCUT2D eigenvalue weighted by molar-refractivity contribution is 0.414. The van der Waals surface area contributed by atoms with Crippen LogP contribution in [0.3, 0.4) is 0 Å². The van der Waals surface area contributed by atoms with E-state index in [2.05, 4.69) is 12.1 Å². The van der Waals surface area contributed by atoms with Gasteiger partial charge in [0.15, 0.2) is 0 Å². The second-order valence-corrected chi connectivity index (χ2v) is 7.39. The van der Waals surface area contributed by atoms with Gasteiger partial charge in [-0.1, -0.05) is 12.1 Å². The van der Waals surface area contributed by atoms with Crippen LogP contribution in [0, 0.1) is 0 Å². The third kappa shape index (κ3) is 3.07. The van der Waals surface area contributed by atoms with Gasteiger partial charge in [-0.05, 0) is 42.0 Å². The highest BCUT2D eigenvalue weighted by Crippen LogP contribution is 2.52. The highest BCUT2D eigenvalue weighted by atomic mass is 35.5. The van der Waals surface area contributed by atoms with Crippen molar-refractivity contribution in [1.82, 2.24) is 0 Å². The Morgan fingerprint density at radius 3 is 2.41 bits per heavy atom. The van der Waals surface area contributed by atoms with E-state index < -0.39 is 0 Å². The summed E-state index contributed by atoms with van der Waals surface area (Å²) in [4.78, 5) is 0. The SMILES string of the molecule is COc1ccc(C2(CCCl)SCCCS2)cc1. The molecule has 1 nitrogen and oxygen atoms in total. The first-order valence-electron chi connectivity index (χ1n) is 5.79. The highest BCUT2D eigenvalue weighted by molar-refractivity contribution is 8.18. The second kappa shape index (κ2) is 6.26. The van der Waals surface area contributed by atoms with E-state index in [4.69, 9.17) is 16.3 Å². The smallest absolute Gasteiger partial charge is 0.118 e. The molecule has 0 N–H and O–H groups in total. The number of alkyl halides is 1. The summed E-state index contributed by atoms with van der Waals surface area (Å²) in [6.07, 6.45) is 2.33. The van der Waals surface area contributed by atoms with Gasteiger partial charge in [0.25, 0.3) is 0 Å². The predicted octanol–water partition coefficient (Wildman–Crippen LogP) is 4.35. The summed E-state index contributed by atoms with van der Waals surface area (Å²) in [5, 5.41) is 0. The summed E-state index contributed by atoms with van der Waals surface area (Å²) in [6.45, 7) is 0. The number of halogens is 1. The van der Waals surface area contributed by atoms with Gasteiger partial charge in [0.2, 0.25) is 0 Å². The third-order valence-corrected chi connectivity index (χ3v) is 6.61.